The fourth-order valence-electron chi connectivity index (χ4n) is 1.14. The van der Waals surface area contributed by atoms with Gasteiger partial charge in [0.1, 0.15) is 17.1 Å². The van der Waals surface area contributed by atoms with Crippen molar-refractivity contribution in [1.82, 2.24) is 0 Å². The molecule has 14 heavy (non-hydrogen) atoms. The molecule has 1 rings (SSSR count). The second-order valence-corrected chi connectivity index (χ2v) is 2.81. The van der Waals surface area contributed by atoms with Crippen molar-refractivity contribution in [2.24, 2.45) is 0 Å². The Balaban J connectivity index is 3.30. The number of rotatable bonds is 3. The van der Waals surface area contributed by atoms with E-state index in [-0.39, 0.29) is 5.75 Å². The van der Waals surface area contributed by atoms with Gasteiger partial charge in [0.05, 0.1) is 6.61 Å². The average Bonchev–Trinajstić information content (AvgIpc) is 2.11. The molecule has 0 aliphatic carbocycles. The van der Waals surface area contributed by atoms with Crippen molar-refractivity contribution >= 4 is 5.97 Å². The summed E-state index contributed by atoms with van der Waals surface area (Å²) in [5, 5.41) is 8.78. The van der Waals surface area contributed by atoms with Crippen LogP contribution in [0.25, 0.3) is 0 Å². The van der Waals surface area contributed by atoms with Gasteiger partial charge >= 0.3 is 5.97 Å². The third-order valence-electron chi connectivity index (χ3n) is 1.81. The van der Waals surface area contributed by atoms with Gasteiger partial charge in [-0.25, -0.2) is 9.18 Å². The van der Waals surface area contributed by atoms with E-state index in [0.717, 1.165) is 0 Å². The zero-order chi connectivity index (χ0) is 10.7. The molecule has 1 N–H and O–H groups in total. The first kappa shape index (κ1) is 10.5. The van der Waals surface area contributed by atoms with Crippen molar-refractivity contribution in [3.05, 3.63) is 29.1 Å². The Morgan fingerprint density at radius 3 is 2.71 bits per heavy atom. The number of aryl methyl sites for hydroxylation is 1. The van der Waals surface area contributed by atoms with E-state index in [9.17, 15) is 9.18 Å². The van der Waals surface area contributed by atoms with E-state index in [1.54, 1.807) is 6.92 Å². The van der Waals surface area contributed by atoms with Gasteiger partial charge in [0.2, 0.25) is 0 Å². The van der Waals surface area contributed by atoms with Crippen LogP contribution in [-0.2, 0) is 0 Å². The highest BCUT2D eigenvalue weighted by Gasteiger charge is 2.18. The summed E-state index contributed by atoms with van der Waals surface area (Å²) < 4.78 is 18.4. The van der Waals surface area contributed by atoms with E-state index in [1.807, 2.05) is 0 Å². The van der Waals surface area contributed by atoms with Crippen molar-refractivity contribution in [3.8, 4) is 5.75 Å². The van der Waals surface area contributed by atoms with E-state index >= 15 is 0 Å². The van der Waals surface area contributed by atoms with Crippen molar-refractivity contribution in [3.63, 3.8) is 0 Å². The molecule has 1 aromatic rings. The monoisotopic (exact) mass is 198 g/mol. The summed E-state index contributed by atoms with van der Waals surface area (Å²) in [6.45, 7) is 3.53. The van der Waals surface area contributed by atoms with E-state index in [2.05, 4.69) is 0 Å². The molecule has 0 aliphatic heterocycles. The van der Waals surface area contributed by atoms with Crippen LogP contribution < -0.4 is 4.74 Å². The number of benzene rings is 1. The average molecular weight is 198 g/mol. The van der Waals surface area contributed by atoms with Gasteiger partial charge in [-0.05, 0) is 25.5 Å². The van der Waals surface area contributed by atoms with Crippen LogP contribution in [0.2, 0.25) is 0 Å². The lowest BCUT2D eigenvalue weighted by molar-refractivity contribution is 0.0687. The number of carboxylic acid groups (broad SMARTS) is 1. The zero-order valence-electron chi connectivity index (χ0n) is 8.00. The molecule has 0 atom stereocenters. The Morgan fingerprint density at radius 1 is 1.57 bits per heavy atom. The molecular formula is C10H11FO3. The van der Waals surface area contributed by atoms with E-state index in [0.29, 0.717) is 12.2 Å². The van der Waals surface area contributed by atoms with Crippen molar-refractivity contribution in [2.45, 2.75) is 13.8 Å². The van der Waals surface area contributed by atoms with Gasteiger partial charge < -0.3 is 9.84 Å². The molecule has 0 aliphatic rings. The molecular weight excluding hydrogens is 187 g/mol. The number of hydrogen-bond donors (Lipinski definition) is 1. The highest BCUT2D eigenvalue weighted by atomic mass is 19.1. The Hall–Kier alpha value is -1.58. The summed E-state index contributed by atoms with van der Waals surface area (Å²) in [7, 11) is 0. The van der Waals surface area contributed by atoms with Crippen LogP contribution in [0, 0.1) is 12.7 Å². The van der Waals surface area contributed by atoms with Crippen LogP contribution in [0.4, 0.5) is 4.39 Å². The van der Waals surface area contributed by atoms with Gasteiger partial charge in [-0.2, -0.15) is 0 Å². The Bertz CT molecular complexity index is 361. The third kappa shape index (κ3) is 1.84. The summed E-state index contributed by atoms with van der Waals surface area (Å²) in [6, 6.07) is 2.96. The number of carboxylic acids is 1. The summed E-state index contributed by atoms with van der Waals surface area (Å²) >= 11 is 0. The predicted molar refractivity (Wildman–Crippen MR) is 49.3 cm³/mol. The molecule has 0 fully saturated rings. The lowest BCUT2D eigenvalue weighted by Gasteiger charge is -2.08. The van der Waals surface area contributed by atoms with Crippen LogP contribution in [0.3, 0.4) is 0 Å². The molecule has 3 nitrogen and oxygen atoms in total. The number of aromatic carboxylic acids is 1. The molecule has 0 radical (unpaired) electrons. The summed E-state index contributed by atoms with van der Waals surface area (Å²) in [6.07, 6.45) is 0. The van der Waals surface area contributed by atoms with E-state index in [4.69, 9.17) is 9.84 Å². The minimum absolute atomic E-state index is 0.0723. The zero-order valence-corrected chi connectivity index (χ0v) is 8.00. The van der Waals surface area contributed by atoms with Crippen LogP contribution >= 0.6 is 0 Å². The lowest BCUT2D eigenvalue weighted by Crippen LogP contribution is -2.07. The number of ether oxygens (including phenoxy) is 1. The molecule has 1 aromatic carbocycles. The first-order chi connectivity index (χ1) is 6.57. The molecule has 0 saturated carbocycles. The topological polar surface area (TPSA) is 46.5 Å². The minimum atomic E-state index is -1.31. The molecule has 0 aromatic heterocycles. The number of hydrogen-bond acceptors (Lipinski definition) is 2. The highest BCUT2D eigenvalue weighted by molar-refractivity contribution is 5.91. The maximum Gasteiger partial charge on any atom is 0.342 e. The van der Waals surface area contributed by atoms with Gasteiger partial charge in [0.15, 0.2) is 0 Å². The van der Waals surface area contributed by atoms with Crippen molar-refractivity contribution in [1.29, 1.82) is 0 Å². The Kier molecular flexibility index (Phi) is 3.06. The SMILES string of the molecule is CCOc1ccc(C)c(F)c1C(=O)O. The molecule has 0 amide bonds. The maximum absolute atomic E-state index is 13.4. The van der Waals surface area contributed by atoms with E-state index in [1.165, 1.54) is 19.1 Å². The molecule has 0 spiro atoms. The summed E-state index contributed by atoms with van der Waals surface area (Å²) in [5.74, 6) is -1.97. The van der Waals surface area contributed by atoms with Gasteiger partial charge in [-0.1, -0.05) is 6.07 Å². The smallest absolute Gasteiger partial charge is 0.342 e. The van der Waals surface area contributed by atoms with Gasteiger partial charge in [0, 0.05) is 0 Å². The molecule has 0 unspecified atom stereocenters. The fourth-order valence-corrected chi connectivity index (χ4v) is 1.14. The summed E-state index contributed by atoms with van der Waals surface area (Å²) in [4.78, 5) is 10.7. The van der Waals surface area contributed by atoms with Gasteiger partial charge in [-0.15, -0.1) is 0 Å². The Morgan fingerprint density at radius 2 is 2.21 bits per heavy atom. The maximum atomic E-state index is 13.4. The summed E-state index contributed by atoms with van der Waals surface area (Å²) in [5.41, 5.74) is -0.0993. The lowest BCUT2D eigenvalue weighted by atomic mass is 10.1. The van der Waals surface area contributed by atoms with Crippen molar-refractivity contribution in [2.75, 3.05) is 6.61 Å². The van der Waals surface area contributed by atoms with Crippen LogP contribution in [0.1, 0.15) is 22.8 Å². The quantitative estimate of drug-likeness (QED) is 0.810. The van der Waals surface area contributed by atoms with E-state index < -0.39 is 17.3 Å². The largest absolute Gasteiger partial charge is 0.493 e. The first-order valence-electron chi connectivity index (χ1n) is 4.23. The number of carbonyl (C=O) groups is 1. The van der Waals surface area contributed by atoms with Gasteiger partial charge in [0.25, 0.3) is 0 Å². The van der Waals surface area contributed by atoms with Crippen LogP contribution in [0.15, 0.2) is 12.1 Å². The molecule has 4 heteroatoms. The predicted octanol–water partition coefficient (Wildman–Crippen LogP) is 2.23. The Labute approximate surface area is 81.1 Å². The third-order valence-corrected chi connectivity index (χ3v) is 1.81. The second kappa shape index (κ2) is 4.09. The molecule has 0 heterocycles. The minimum Gasteiger partial charge on any atom is -0.493 e. The van der Waals surface area contributed by atoms with Gasteiger partial charge in [-0.3, -0.25) is 0 Å². The van der Waals surface area contributed by atoms with Crippen molar-refractivity contribution < 1.29 is 19.0 Å². The molecule has 76 valence electrons. The number of halogens is 1. The molecule has 0 bridgehead atoms. The second-order valence-electron chi connectivity index (χ2n) is 2.81. The fraction of sp³-hybridized carbons (Fsp3) is 0.300. The molecule has 0 saturated heterocycles. The normalized spacial score (nSPS) is 9.93. The first-order valence-corrected chi connectivity index (χ1v) is 4.23. The van der Waals surface area contributed by atoms with Crippen LogP contribution in [-0.4, -0.2) is 17.7 Å². The van der Waals surface area contributed by atoms with Crippen LogP contribution in [0.5, 0.6) is 5.75 Å². The highest BCUT2D eigenvalue weighted by Crippen LogP contribution is 2.24. The standard InChI is InChI=1S/C10H11FO3/c1-3-14-7-5-4-6(2)9(11)8(7)10(12)13/h4-5H,3H2,1-2H3,(H,12,13).